The van der Waals surface area contributed by atoms with E-state index < -0.39 is 97.5 Å². The maximum absolute atomic E-state index is 13.1. The number of ether oxygens (including phenoxy) is 4. The molecule has 0 amide bonds. The number of esters is 4. The minimum Gasteiger partial charge on any atom is -0.462 e. The average Bonchev–Trinajstić information content (AvgIpc) is 0.912. The topological polar surface area (TPSA) is 237 Å². The molecule has 0 aliphatic heterocycles. The van der Waals surface area contributed by atoms with Crippen molar-refractivity contribution in [3.05, 3.63) is 0 Å². The molecule has 17 nitrogen and oxygen atoms in total. The molecule has 0 heterocycles. The number of rotatable bonds is 83. The lowest BCUT2D eigenvalue weighted by Gasteiger charge is -2.21. The van der Waals surface area contributed by atoms with Crippen molar-refractivity contribution in [1.82, 2.24) is 0 Å². The SMILES string of the molecule is CCCCCCCCCCCCCCCCCCCCCC(=O)O[C@H](COC(=O)CCCCCCCCCCCCCCCCC(C)C)COP(=O)(O)OC[C@@H](O)COP(=O)(O)OC[C@@H](COC(=O)CCCCCCCCC(C)CC)OC(=O)CCCCCCCCCCCCCCCCCCC. The highest BCUT2D eigenvalue weighted by atomic mass is 31.2. The fourth-order valence-electron chi connectivity index (χ4n) is 13.0. The summed E-state index contributed by atoms with van der Waals surface area (Å²) in [5.74, 6) is -0.575. The molecule has 3 N–H and O–H groups in total. The van der Waals surface area contributed by atoms with Crippen LogP contribution in [0.3, 0.4) is 0 Å². The molecular formula is C84H164O17P2. The van der Waals surface area contributed by atoms with E-state index in [1.165, 1.54) is 257 Å². The third kappa shape index (κ3) is 76.6. The van der Waals surface area contributed by atoms with Crippen molar-refractivity contribution in [3.63, 3.8) is 0 Å². The molecule has 6 atom stereocenters. The van der Waals surface area contributed by atoms with E-state index in [1.54, 1.807) is 0 Å². The van der Waals surface area contributed by atoms with Gasteiger partial charge >= 0.3 is 39.5 Å². The first kappa shape index (κ1) is 101. The highest BCUT2D eigenvalue weighted by Crippen LogP contribution is 2.45. The fourth-order valence-corrected chi connectivity index (χ4v) is 14.6. The maximum atomic E-state index is 13.1. The number of phosphoric ester groups is 2. The molecule has 0 aromatic carbocycles. The van der Waals surface area contributed by atoms with Crippen molar-refractivity contribution in [2.24, 2.45) is 11.8 Å². The van der Waals surface area contributed by atoms with Gasteiger partial charge in [-0.3, -0.25) is 37.3 Å². The molecule has 0 rings (SSSR count). The molecule has 612 valence electrons. The second-order valence-electron chi connectivity index (χ2n) is 30.9. The maximum Gasteiger partial charge on any atom is 0.472 e. The van der Waals surface area contributed by atoms with Crippen LogP contribution in [-0.2, 0) is 65.4 Å². The standard InChI is InChI=1S/C84H164O17P2/c1-7-10-12-14-16-18-20-22-24-26-27-29-31-37-41-45-49-57-62-68-83(88)100-79(72-94-81(86)66-60-54-47-43-39-35-33-32-34-38-42-46-52-58-64-76(4)5)74-98-102(90,91)96-70-78(85)71-97-103(92,93)99-75-80(73-95-82(87)67-61-55-51-50-53-59-65-77(6)9-3)101-84(89)69-63-56-48-44-40-36-30-28-25-23-21-19-17-15-13-11-8-2/h76-80,85H,7-75H2,1-6H3,(H,90,91)(H,92,93)/t77?,78-,79-,80-/m1/s1. The van der Waals surface area contributed by atoms with E-state index in [9.17, 15) is 43.2 Å². The van der Waals surface area contributed by atoms with Crippen LogP contribution < -0.4 is 0 Å². The summed E-state index contributed by atoms with van der Waals surface area (Å²) in [6, 6.07) is 0. The van der Waals surface area contributed by atoms with Gasteiger partial charge in [0.05, 0.1) is 26.4 Å². The monoisotopic (exact) mass is 1510 g/mol. The molecule has 0 aromatic rings. The molecule has 0 spiro atoms. The molecule has 19 heteroatoms. The minimum atomic E-state index is -4.96. The van der Waals surface area contributed by atoms with E-state index in [4.69, 9.17) is 37.0 Å². The lowest BCUT2D eigenvalue weighted by molar-refractivity contribution is -0.161. The first-order valence-corrected chi connectivity index (χ1v) is 46.5. The van der Waals surface area contributed by atoms with E-state index in [0.29, 0.717) is 25.7 Å². The molecule has 0 fully saturated rings. The Labute approximate surface area is 632 Å². The predicted octanol–water partition coefficient (Wildman–Crippen LogP) is 25.5. The van der Waals surface area contributed by atoms with Crippen LogP contribution in [0.25, 0.3) is 0 Å². The second kappa shape index (κ2) is 75.5. The van der Waals surface area contributed by atoms with E-state index in [-0.39, 0.29) is 25.7 Å². The molecule has 0 aromatic heterocycles. The molecule has 0 radical (unpaired) electrons. The molecule has 0 bridgehead atoms. The summed E-state index contributed by atoms with van der Waals surface area (Å²) in [5.41, 5.74) is 0. The third-order valence-corrected chi connectivity index (χ3v) is 22.0. The Balaban J connectivity index is 5.24. The van der Waals surface area contributed by atoms with Crippen molar-refractivity contribution in [1.29, 1.82) is 0 Å². The minimum absolute atomic E-state index is 0.108. The van der Waals surface area contributed by atoms with Gasteiger partial charge in [-0.1, -0.05) is 395 Å². The number of unbranched alkanes of at least 4 members (excludes halogenated alkanes) is 52. The molecule has 0 saturated carbocycles. The smallest absolute Gasteiger partial charge is 0.462 e. The second-order valence-corrected chi connectivity index (χ2v) is 33.8. The van der Waals surface area contributed by atoms with Crippen LogP contribution in [0.2, 0.25) is 0 Å². The van der Waals surface area contributed by atoms with Crippen LogP contribution in [-0.4, -0.2) is 96.7 Å². The molecule has 3 unspecified atom stereocenters. The van der Waals surface area contributed by atoms with E-state index in [1.807, 2.05) is 0 Å². The molecule has 0 saturated heterocycles. The summed E-state index contributed by atoms with van der Waals surface area (Å²) < 4.78 is 68.8. The van der Waals surface area contributed by atoms with Crippen LogP contribution in [0.4, 0.5) is 0 Å². The van der Waals surface area contributed by atoms with Crippen LogP contribution in [0.1, 0.15) is 446 Å². The van der Waals surface area contributed by atoms with Gasteiger partial charge in [-0.25, -0.2) is 9.13 Å². The summed E-state index contributed by atoms with van der Waals surface area (Å²) in [6.45, 7) is 9.65. The van der Waals surface area contributed by atoms with Crippen molar-refractivity contribution in [3.8, 4) is 0 Å². The first-order chi connectivity index (χ1) is 49.9. The van der Waals surface area contributed by atoms with Gasteiger partial charge in [0.2, 0.25) is 0 Å². The quantitative estimate of drug-likeness (QED) is 0.0222. The lowest BCUT2D eigenvalue weighted by Crippen LogP contribution is -2.30. The number of hydrogen-bond donors (Lipinski definition) is 3. The zero-order valence-corrected chi connectivity index (χ0v) is 69.4. The normalized spacial score (nSPS) is 14.1. The van der Waals surface area contributed by atoms with Gasteiger partial charge in [0.25, 0.3) is 0 Å². The highest BCUT2D eigenvalue weighted by molar-refractivity contribution is 7.47. The van der Waals surface area contributed by atoms with Gasteiger partial charge in [-0.05, 0) is 37.5 Å². The van der Waals surface area contributed by atoms with Crippen LogP contribution in [0.15, 0.2) is 0 Å². The van der Waals surface area contributed by atoms with Crippen molar-refractivity contribution in [2.45, 2.75) is 464 Å². The average molecular weight is 1510 g/mol. The summed E-state index contributed by atoms with van der Waals surface area (Å²) >= 11 is 0. The number of phosphoric acid groups is 2. The van der Waals surface area contributed by atoms with E-state index in [0.717, 1.165) is 108 Å². The molecule has 0 aliphatic rings. The fraction of sp³-hybridized carbons (Fsp3) is 0.952. The van der Waals surface area contributed by atoms with Gasteiger partial charge in [-0.2, -0.15) is 0 Å². The largest absolute Gasteiger partial charge is 0.472 e. The highest BCUT2D eigenvalue weighted by Gasteiger charge is 2.30. The molecule has 0 aliphatic carbocycles. The van der Waals surface area contributed by atoms with Crippen molar-refractivity contribution >= 4 is 39.5 Å². The van der Waals surface area contributed by atoms with Gasteiger partial charge in [0.15, 0.2) is 12.2 Å². The summed E-state index contributed by atoms with van der Waals surface area (Å²) in [4.78, 5) is 73.2. The van der Waals surface area contributed by atoms with Crippen LogP contribution in [0, 0.1) is 11.8 Å². The Kier molecular flexibility index (Phi) is 74.1. The first-order valence-electron chi connectivity index (χ1n) is 43.5. The van der Waals surface area contributed by atoms with Gasteiger partial charge in [0, 0.05) is 25.7 Å². The van der Waals surface area contributed by atoms with Gasteiger partial charge < -0.3 is 33.8 Å². The number of carbonyl (C=O) groups is 4. The Morgan fingerprint density at radius 2 is 0.495 bits per heavy atom. The van der Waals surface area contributed by atoms with E-state index in [2.05, 4.69) is 41.5 Å². The lowest BCUT2D eigenvalue weighted by atomic mass is 10.00. The number of aliphatic hydroxyl groups is 1. The molecular weight excluding hydrogens is 1340 g/mol. The Hall–Kier alpha value is -1.94. The van der Waals surface area contributed by atoms with Gasteiger partial charge in [0.1, 0.15) is 19.3 Å². The summed E-state index contributed by atoms with van der Waals surface area (Å²) in [6.07, 6.45) is 66.7. The Bertz CT molecular complexity index is 1980. The zero-order valence-electron chi connectivity index (χ0n) is 67.6. The Morgan fingerprint density at radius 3 is 0.738 bits per heavy atom. The van der Waals surface area contributed by atoms with Crippen LogP contribution >= 0.6 is 15.6 Å². The van der Waals surface area contributed by atoms with Crippen molar-refractivity contribution in [2.75, 3.05) is 39.6 Å². The Morgan fingerprint density at radius 1 is 0.282 bits per heavy atom. The molecule has 103 heavy (non-hydrogen) atoms. The third-order valence-electron chi connectivity index (χ3n) is 20.1. The van der Waals surface area contributed by atoms with Crippen LogP contribution in [0.5, 0.6) is 0 Å². The van der Waals surface area contributed by atoms with Gasteiger partial charge in [-0.15, -0.1) is 0 Å². The van der Waals surface area contributed by atoms with Crippen molar-refractivity contribution < 1.29 is 80.2 Å². The predicted molar refractivity (Wildman–Crippen MR) is 423 cm³/mol. The van der Waals surface area contributed by atoms with E-state index >= 15 is 0 Å². The summed E-state index contributed by atoms with van der Waals surface area (Å²) in [5, 5.41) is 10.7. The number of hydrogen-bond acceptors (Lipinski definition) is 15. The number of aliphatic hydroxyl groups excluding tert-OH is 1. The summed E-state index contributed by atoms with van der Waals surface area (Å²) in [7, 11) is -9.93. The number of carbonyl (C=O) groups excluding carboxylic acids is 4. The zero-order chi connectivity index (χ0) is 75.6.